The van der Waals surface area contributed by atoms with Crippen molar-refractivity contribution >= 4 is 29.3 Å². The number of aliphatic hydroxyl groups excluding tert-OH is 2. The summed E-state index contributed by atoms with van der Waals surface area (Å²) < 4.78 is 21.9. The number of ether oxygens (including phenoxy) is 4. The summed E-state index contributed by atoms with van der Waals surface area (Å²) in [6, 6.07) is 16.6. The molecule has 9 nitrogen and oxygen atoms in total. The molecule has 2 aromatic carbocycles. The van der Waals surface area contributed by atoms with Gasteiger partial charge in [0.25, 0.3) is 0 Å². The molecule has 242 valence electrons. The molecule has 0 aliphatic heterocycles. The van der Waals surface area contributed by atoms with Gasteiger partial charge in [-0.2, -0.15) is 0 Å². The van der Waals surface area contributed by atoms with Gasteiger partial charge in [0, 0.05) is 48.7 Å². The second-order valence-electron chi connectivity index (χ2n) is 10.4. The Morgan fingerprint density at radius 3 is 1.36 bits per heavy atom. The number of anilines is 2. The van der Waals surface area contributed by atoms with Crippen LogP contribution in [0.5, 0.6) is 0 Å². The van der Waals surface area contributed by atoms with Gasteiger partial charge in [0.05, 0.1) is 66.1 Å². The van der Waals surface area contributed by atoms with E-state index in [1.54, 1.807) is 0 Å². The van der Waals surface area contributed by atoms with Crippen LogP contribution in [0.4, 0.5) is 11.4 Å². The molecule has 0 amide bonds. The highest BCUT2D eigenvalue weighted by atomic mass is 16.5. The Morgan fingerprint density at radius 1 is 0.591 bits per heavy atom. The molecule has 2 N–H and O–H groups in total. The summed E-state index contributed by atoms with van der Waals surface area (Å²) in [7, 11) is 0. The summed E-state index contributed by atoms with van der Waals surface area (Å²) in [5.41, 5.74) is 5.99. The van der Waals surface area contributed by atoms with Crippen molar-refractivity contribution in [1.82, 2.24) is 0 Å². The number of hydrogen-bond donors (Lipinski definition) is 2. The van der Waals surface area contributed by atoms with E-state index in [-0.39, 0.29) is 19.0 Å². The minimum absolute atomic E-state index is 0.00331. The number of nitrogens with zero attached hydrogens (tertiary/aromatic N) is 2. The molecule has 3 rings (SSSR count). The number of rotatable bonds is 22. The van der Waals surface area contributed by atoms with Crippen molar-refractivity contribution < 1.29 is 34.0 Å². The number of carbonyl (C=O) groups excluding carboxylic acids is 1. The molecular formula is C35H50N2O7. The van der Waals surface area contributed by atoms with Crippen LogP contribution in [0.2, 0.25) is 0 Å². The lowest BCUT2D eigenvalue weighted by Gasteiger charge is -2.25. The van der Waals surface area contributed by atoms with Crippen LogP contribution < -0.4 is 9.80 Å². The van der Waals surface area contributed by atoms with E-state index in [0.29, 0.717) is 65.9 Å². The Kier molecular flexibility index (Phi) is 16.8. The molecule has 0 radical (unpaired) electrons. The summed E-state index contributed by atoms with van der Waals surface area (Å²) in [4.78, 5) is 17.7. The van der Waals surface area contributed by atoms with E-state index in [4.69, 9.17) is 29.2 Å². The number of ketones is 1. The number of allylic oxidation sites excluding steroid dienone is 2. The average molecular weight is 611 g/mol. The van der Waals surface area contributed by atoms with E-state index in [1.807, 2.05) is 24.3 Å². The largest absolute Gasteiger partial charge is 0.394 e. The third-order valence-electron chi connectivity index (χ3n) is 7.44. The number of benzene rings is 2. The van der Waals surface area contributed by atoms with E-state index < -0.39 is 0 Å². The molecule has 0 atom stereocenters. The Hall–Kier alpha value is -3.05. The molecule has 1 fully saturated rings. The zero-order chi connectivity index (χ0) is 31.4. The van der Waals surface area contributed by atoms with Crippen molar-refractivity contribution in [3.63, 3.8) is 0 Å². The van der Waals surface area contributed by atoms with Crippen molar-refractivity contribution in [1.29, 1.82) is 0 Å². The number of aliphatic hydroxyl groups is 2. The zero-order valence-electron chi connectivity index (χ0n) is 26.4. The molecule has 0 unspecified atom stereocenters. The van der Waals surface area contributed by atoms with Crippen molar-refractivity contribution in [3.05, 3.63) is 70.8 Å². The highest BCUT2D eigenvalue weighted by molar-refractivity contribution is 6.15. The molecule has 1 saturated carbocycles. The van der Waals surface area contributed by atoms with Crippen LogP contribution in [-0.4, -0.2) is 108 Å². The first kappa shape index (κ1) is 35.4. The van der Waals surface area contributed by atoms with Gasteiger partial charge < -0.3 is 39.0 Å². The standard InChI is InChI=1S/C35H50N2O7/c1-3-36(4-2)33-11-5-29(6-12-33)27-31-9-10-32(35(31)40)28-30-7-13-34(14-8-30)37(15-19-41-23-25-43-21-17-38)16-20-42-24-26-44-22-18-39/h5-8,11-14,27-28,38-39H,3-4,9-10,15-26H2,1-2H3/b31-27+,32-28+. The highest BCUT2D eigenvalue weighted by Crippen LogP contribution is 2.30. The Labute approximate surface area is 262 Å². The van der Waals surface area contributed by atoms with Gasteiger partial charge in [0.1, 0.15) is 0 Å². The fourth-order valence-electron chi connectivity index (χ4n) is 5.02. The fraction of sp³-hybridized carbons (Fsp3) is 0.514. The van der Waals surface area contributed by atoms with Gasteiger partial charge in [-0.1, -0.05) is 24.3 Å². The van der Waals surface area contributed by atoms with Crippen LogP contribution in [0, 0.1) is 0 Å². The Balaban J connectivity index is 1.58. The van der Waals surface area contributed by atoms with Gasteiger partial charge in [-0.05, 0) is 74.2 Å². The minimum atomic E-state index is 0.00331. The van der Waals surface area contributed by atoms with Crippen LogP contribution in [0.1, 0.15) is 37.8 Å². The van der Waals surface area contributed by atoms with Crippen LogP contribution in [0.25, 0.3) is 12.2 Å². The summed E-state index contributed by atoms with van der Waals surface area (Å²) in [6.07, 6.45) is 5.53. The SMILES string of the molecule is CCN(CC)c1ccc(/C=C2\CC/C(=C\c3ccc(N(CCOCCOCCO)CCOCCOCCO)cc3)C2=O)cc1. The van der Waals surface area contributed by atoms with Gasteiger partial charge in [0.15, 0.2) is 5.78 Å². The lowest BCUT2D eigenvalue weighted by atomic mass is 10.1. The molecule has 2 aromatic rings. The molecule has 0 spiro atoms. The fourth-order valence-corrected chi connectivity index (χ4v) is 5.02. The summed E-state index contributed by atoms with van der Waals surface area (Å²) in [6.45, 7) is 11.1. The third-order valence-corrected chi connectivity index (χ3v) is 7.44. The van der Waals surface area contributed by atoms with Crippen molar-refractivity contribution in [3.8, 4) is 0 Å². The van der Waals surface area contributed by atoms with E-state index >= 15 is 0 Å². The van der Waals surface area contributed by atoms with Crippen molar-refractivity contribution in [2.24, 2.45) is 0 Å². The van der Waals surface area contributed by atoms with Gasteiger partial charge in [-0.15, -0.1) is 0 Å². The first-order chi connectivity index (χ1) is 21.6. The second kappa shape index (κ2) is 20.8. The van der Waals surface area contributed by atoms with Crippen LogP contribution in [0.15, 0.2) is 59.7 Å². The second-order valence-corrected chi connectivity index (χ2v) is 10.4. The van der Waals surface area contributed by atoms with E-state index in [9.17, 15) is 4.79 Å². The topological polar surface area (TPSA) is 101 Å². The predicted octanol–water partition coefficient (Wildman–Crippen LogP) is 4.22. The maximum absolute atomic E-state index is 13.2. The maximum Gasteiger partial charge on any atom is 0.185 e. The summed E-state index contributed by atoms with van der Waals surface area (Å²) >= 11 is 0. The Bertz CT molecular complexity index is 1130. The molecule has 0 saturated heterocycles. The van der Waals surface area contributed by atoms with Crippen molar-refractivity contribution in [2.75, 3.05) is 102 Å². The summed E-state index contributed by atoms with van der Waals surface area (Å²) in [5.74, 6) is 0.128. The molecule has 0 heterocycles. The molecule has 1 aliphatic carbocycles. The Morgan fingerprint density at radius 2 is 0.977 bits per heavy atom. The van der Waals surface area contributed by atoms with Crippen LogP contribution in [0.3, 0.4) is 0 Å². The van der Waals surface area contributed by atoms with Gasteiger partial charge in [-0.25, -0.2) is 0 Å². The smallest absolute Gasteiger partial charge is 0.185 e. The first-order valence-electron chi connectivity index (χ1n) is 15.8. The van der Waals surface area contributed by atoms with Crippen LogP contribution >= 0.6 is 0 Å². The normalized spacial score (nSPS) is 15.0. The van der Waals surface area contributed by atoms with E-state index in [1.165, 1.54) is 5.69 Å². The summed E-state index contributed by atoms with van der Waals surface area (Å²) in [5, 5.41) is 17.6. The molecule has 9 heteroatoms. The first-order valence-corrected chi connectivity index (χ1v) is 15.8. The molecular weight excluding hydrogens is 560 g/mol. The predicted molar refractivity (Wildman–Crippen MR) is 176 cm³/mol. The number of carbonyl (C=O) groups is 1. The van der Waals surface area contributed by atoms with Crippen molar-refractivity contribution in [2.45, 2.75) is 26.7 Å². The van der Waals surface area contributed by atoms with E-state index in [0.717, 1.165) is 53.9 Å². The van der Waals surface area contributed by atoms with Gasteiger partial charge in [-0.3, -0.25) is 4.79 Å². The monoisotopic (exact) mass is 610 g/mol. The van der Waals surface area contributed by atoms with E-state index in [2.05, 4.69) is 60.0 Å². The lowest BCUT2D eigenvalue weighted by molar-refractivity contribution is -0.111. The van der Waals surface area contributed by atoms with Gasteiger partial charge >= 0.3 is 0 Å². The quantitative estimate of drug-likeness (QED) is 0.150. The number of Topliss-reactive ketones (excluding diaryl/α,β-unsaturated/α-hetero) is 1. The average Bonchev–Trinajstić information content (AvgIpc) is 3.38. The maximum atomic E-state index is 13.2. The third kappa shape index (κ3) is 12.1. The molecule has 0 aromatic heterocycles. The lowest BCUT2D eigenvalue weighted by Crippen LogP contribution is -2.31. The molecule has 0 bridgehead atoms. The highest BCUT2D eigenvalue weighted by Gasteiger charge is 2.23. The number of hydrogen-bond acceptors (Lipinski definition) is 9. The molecule has 1 aliphatic rings. The van der Waals surface area contributed by atoms with Crippen LogP contribution in [-0.2, 0) is 23.7 Å². The minimum Gasteiger partial charge on any atom is -0.394 e. The zero-order valence-corrected chi connectivity index (χ0v) is 26.4. The van der Waals surface area contributed by atoms with Gasteiger partial charge in [0.2, 0.25) is 0 Å². The molecule has 44 heavy (non-hydrogen) atoms.